The monoisotopic (exact) mass is 332 g/mol. The van der Waals surface area contributed by atoms with Crippen molar-refractivity contribution in [2.24, 2.45) is 0 Å². The zero-order chi connectivity index (χ0) is 16.7. The summed E-state index contributed by atoms with van der Waals surface area (Å²) in [4.78, 5) is 11.9. The summed E-state index contributed by atoms with van der Waals surface area (Å²) < 4.78 is 5.57. The first kappa shape index (κ1) is 17.2. The van der Waals surface area contributed by atoms with Gasteiger partial charge in [0.25, 0.3) is 0 Å². The van der Waals surface area contributed by atoms with E-state index in [-0.39, 0.29) is 6.03 Å². The molecule has 0 aliphatic carbocycles. The number of hydrogen-bond donors (Lipinski definition) is 2. The van der Waals surface area contributed by atoms with Gasteiger partial charge in [-0.1, -0.05) is 41.9 Å². The van der Waals surface area contributed by atoms with Crippen LogP contribution in [-0.2, 0) is 0 Å². The van der Waals surface area contributed by atoms with Crippen LogP contribution in [0.4, 0.5) is 10.5 Å². The maximum absolute atomic E-state index is 11.9. The summed E-state index contributed by atoms with van der Waals surface area (Å²) in [5, 5.41) is 6.30. The van der Waals surface area contributed by atoms with E-state index in [1.807, 2.05) is 50.2 Å². The Morgan fingerprint density at radius 1 is 1.09 bits per heavy atom. The summed E-state index contributed by atoms with van der Waals surface area (Å²) in [5.41, 5.74) is 2.95. The van der Waals surface area contributed by atoms with E-state index in [0.717, 1.165) is 16.8 Å². The molecule has 0 bridgehead atoms. The standard InChI is InChI=1S/C18H21ClN2O2/c1-13-7-5-8-14(2)17(13)21-18(22)20-11-6-12-23-16-10-4-3-9-15(16)19/h3-5,7-10H,6,11-12H2,1-2H3,(H2,20,21,22). The van der Waals surface area contributed by atoms with Crippen LogP contribution < -0.4 is 15.4 Å². The number of aryl methyl sites for hydroxylation is 2. The fraction of sp³-hybridized carbons (Fsp3) is 0.278. The molecule has 2 aromatic carbocycles. The van der Waals surface area contributed by atoms with Crippen molar-refractivity contribution < 1.29 is 9.53 Å². The Balaban J connectivity index is 1.70. The number of hydrogen-bond acceptors (Lipinski definition) is 2. The minimum absolute atomic E-state index is 0.208. The molecule has 2 aromatic rings. The Kier molecular flexibility index (Phi) is 6.29. The highest BCUT2D eigenvalue weighted by atomic mass is 35.5. The molecule has 0 fully saturated rings. The lowest BCUT2D eigenvalue weighted by Gasteiger charge is -2.12. The largest absolute Gasteiger partial charge is 0.492 e. The fourth-order valence-corrected chi connectivity index (χ4v) is 2.38. The van der Waals surface area contributed by atoms with Gasteiger partial charge >= 0.3 is 6.03 Å². The second kappa shape index (κ2) is 8.44. The van der Waals surface area contributed by atoms with Gasteiger partial charge in [-0.05, 0) is 43.5 Å². The minimum atomic E-state index is -0.208. The maximum Gasteiger partial charge on any atom is 0.319 e. The lowest BCUT2D eigenvalue weighted by Crippen LogP contribution is -2.30. The van der Waals surface area contributed by atoms with E-state index in [1.54, 1.807) is 6.07 Å². The Hall–Kier alpha value is -2.20. The number of amides is 2. The molecule has 0 saturated heterocycles. The first-order valence-corrected chi connectivity index (χ1v) is 7.94. The van der Waals surface area contributed by atoms with Gasteiger partial charge in [0.05, 0.1) is 11.6 Å². The Morgan fingerprint density at radius 3 is 2.48 bits per heavy atom. The Morgan fingerprint density at radius 2 is 1.78 bits per heavy atom. The third kappa shape index (κ3) is 5.18. The Labute approximate surface area is 141 Å². The molecule has 0 atom stereocenters. The van der Waals surface area contributed by atoms with Crippen molar-refractivity contribution in [2.75, 3.05) is 18.5 Å². The van der Waals surface area contributed by atoms with Crippen LogP contribution in [0.5, 0.6) is 5.75 Å². The number of halogens is 1. The van der Waals surface area contributed by atoms with Crippen LogP contribution in [0.25, 0.3) is 0 Å². The number of carbonyl (C=O) groups is 1. The normalized spacial score (nSPS) is 10.2. The van der Waals surface area contributed by atoms with E-state index in [2.05, 4.69) is 10.6 Å². The second-order valence-corrected chi connectivity index (χ2v) is 5.69. The summed E-state index contributed by atoms with van der Waals surface area (Å²) in [5.74, 6) is 0.661. The first-order valence-electron chi connectivity index (χ1n) is 7.56. The lowest BCUT2D eigenvalue weighted by molar-refractivity contribution is 0.250. The topological polar surface area (TPSA) is 50.4 Å². The number of para-hydroxylation sites is 2. The van der Waals surface area contributed by atoms with Gasteiger partial charge in [-0.25, -0.2) is 4.79 Å². The molecule has 0 aliphatic rings. The zero-order valence-corrected chi connectivity index (χ0v) is 14.1. The lowest BCUT2D eigenvalue weighted by atomic mass is 10.1. The van der Waals surface area contributed by atoms with Gasteiger partial charge in [-0.3, -0.25) is 0 Å². The zero-order valence-electron chi connectivity index (χ0n) is 13.4. The smallest absolute Gasteiger partial charge is 0.319 e. The van der Waals surface area contributed by atoms with Crippen molar-refractivity contribution in [3.8, 4) is 5.75 Å². The van der Waals surface area contributed by atoms with E-state index in [9.17, 15) is 4.79 Å². The molecule has 0 radical (unpaired) electrons. The van der Waals surface area contributed by atoms with Crippen LogP contribution in [-0.4, -0.2) is 19.2 Å². The van der Waals surface area contributed by atoms with Gasteiger partial charge in [-0.15, -0.1) is 0 Å². The number of carbonyl (C=O) groups excluding carboxylic acids is 1. The van der Waals surface area contributed by atoms with E-state index >= 15 is 0 Å². The maximum atomic E-state index is 11.9. The van der Waals surface area contributed by atoms with Crippen LogP contribution in [0, 0.1) is 13.8 Å². The first-order chi connectivity index (χ1) is 11.1. The molecule has 5 heteroatoms. The van der Waals surface area contributed by atoms with Gasteiger partial charge in [-0.2, -0.15) is 0 Å². The van der Waals surface area contributed by atoms with Crippen LogP contribution >= 0.6 is 11.6 Å². The molecule has 0 spiro atoms. The van der Waals surface area contributed by atoms with Gasteiger partial charge in [0, 0.05) is 12.2 Å². The molecule has 0 saturated carbocycles. The number of nitrogens with one attached hydrogen (secondary N) is 2. The molecule has 122 valence electrons. The summed E-state index contributed by atoms with van der Waals surface area (Å²) in [6.07, 6.45) is 0.700. The molecule has 0 aromatic heterocycles. The van der Waals surface area contributed by atoms with Gasteiger partial charge in [0.15, 0.2) is 0 Å². The quantitative estimate of drug-likeness (QED) is 0.762. The average molecular weight is 333 g/mol. The average Bonchev–Trinajstić information content (AvgIpc) is 2.52. The highest BCUT2D eigenvalue weighted by Crippen LogP contribution is 2.23. The highest BCUT2D eigenvalue weighted by Gasteiger charge is 2.06. The number of anilines is 1. The van der Waals surface area contributed by atoms with Gasteiger partial charge in [0.2, 0.25) is 0 Å². The van der Waals surface area contributed by atoms with Crippen LogP contribution in [0.1, 0.15) is 17.5 Å². The third-order valence-electron chi connectivity index (χ3n) is 3.42. The van der Waals surface area contributed by atoms with Gasteiger partial charge < -0.3 is 15.4 Å². The predicted octanol–water partition coefficient (Wildman–Crippen LogP) is 4.55. The third-order valence-corrected chi connectivity index (χ3v) is 3.73. The van der Waals surface area contributed by atoms with E-state index in [0.29, 0.717) is 30.3 Å². The molecule has 2 rings (SSSR count). The summed E-state index contributed by atoms with van der Waals surface area (Å²) in [6, 6.07) is 13.0. The van der Waals surface area contributed by atoms with Crippen molar-refractivity contribution in [3.63, 3.8) is 0 Å². The molecule has 23 heavy (non-hydrogen) atoms. The van der Waals surface area contributed by atoms with Crippen molar-refractivity contribution >= 4 is 23.3 Å². The molecule has 0 heterocycles. The van der Waals surface area contributed by atoms with Crippen molar-refractivity contribution in [2.45, 2.75) is 20.3 Å². The van der Waals surface area contributed by atoms with Crippen molar-refractivity contribution in [1.29, 1.82) is 0 Å². The summed E-state index contributed by atoms with van der Waals surface area (Å²) in [6.45, 7) is 4.97. The molecule has 0 unspecified atom stereocenters. The second-order valence-electron chi connectivity index (χ2n) is 5.28. The molecule has 2 N–H and O–H groups in total. The van der Waals surface area contributed by atoms with Crippen LogP contribution in [0.2, 0.25) is 5.02 Å². The summed E-state index contributed by atoms with van der Waals surface area (Å²) >= 11 is 6.00. The van der Waals surface area contributed by atoms with Crippen molar-refractivity contribution in [1.82, 2.24) is 5.32 Å². The van der Waals surface area contributed by atoms with Crippen molar-refractivity contribution in [3.05, 3.63) is 58.6 Å². The van der Waals surface area contributed by atoms with Gasteiger partial charge in [0.1, 0.15) is 5.75 Å². The SMILES string of the molecule is Cc1cccc(C)c1NC(=O)NCCCOc1ccccc1Cl. The van der Waals surface area contributed by atoms with Crippen LogP contribution in [0.3, 0.4) is 0 Å². The van der Waals surface area contributed by atoms with Crippen LogP contribution in [0.15, 0.2) is 42.5 Å². The van der Waals surface area contributed by atoms with E-state index < -0.39 is 0 Å². The number of ether oxygens (including phenoxy) is 1. The number of benzene rings is 2. The summed E-state index contributed by atoms with van der Waals surface area (Å²) in [7, 11) is 0. The number of urea groups is 1. The van der Waals surface area contributed by atoms with E-state index in [4.69, 9.17) is 16.3 Å². The minimum Gasteiger partial charge on any atom is -0.492 e. The van der Waals surface area contributed by atoms with E-state index in [1.165, 1.54) is 0 Å². The predicted molar refractivity (Wildman–Crippen MR) is 94.5 cm³/mol. The molecule has 2 amide bonds. The molecular formula is C18H21ClN2O2. The molecule has 4 nitrogen and oxygen atoms in total. The number of rotatable bonds is 6. The Bertz CT molecular complexity index is 654. The highest BCUT2D eigenvalue weighted by molar-refractivity contribution is 6.32. The molecule has 0 aliphatic heterocycles. The fourth-order valence-electron chi connectivity index (χ4n) is 2.19. The molecular weight excluding hydrogens is 312 g/mol.